The molecule has 1 aromatic carbocycles. The Morgan fingerprint density at radius 1 is 1.10 bits per heavy atom. The molecule has 30 heavy (non-hydrogen) atoms. The van der Waals surface area contributed by atoms with Gasteiger partial charge in [0.05, 0.1) is 32.6 Å². The van der Waals surface area contributed by atoms with Crippen molar-refractivity contribution in [1.29, 1.82) is 0 Å². The van der Waals surface area contributed by atoms with Gasteiger partial charge in [0.2, 0.25) is 0 Å². The SMILES string of the molecule is CCOP(C/C=C/Cn1nc(-c2ccc(OC)c(OC(F)F)c2)ccc1=O)OCC. The van der Waals surface area contributed by atoms with Gasteiger partial charge in [0.25, 0.3) is 5.56 Å². The minimum atomic E-state index is -2.99. The van der Waals surface area contributed by atoms with E-state index in [0.717, 1.165) is 0 Å². The van der Waals surface area contributed by atoms with Gasteiger partial charge in [-0.15, -0.1) is 0 Å². The summed E-state index contributed by atoms with van der Waals surface area (Å²) in [7, 11) is 0.373. The van der Waals surface area contributed by atoms with E-state index in [2.05, 4.69) is 9.84 Å². The molecule has 0 fully saturated rings. The Hall–Kier alpha value is -2.35. The molecular formula is C20H25F2N2O5P. The highest BCUT2D eigenvalue weighted by molar-refractivity contribution is 7.47. The average Bonchev–Trinajstić information content (AvgIpc) is 2.72. The summed E-state index contributed by atoms with van der Waals surface area (Å²) >= 11 is 0. The summed E-state index contributed by atoms with van der Waals surface area (Å²) in [5, 5.41) is 4.32. The zero-order valence-corrected chi connectivity index (χ0v) is 18.0. The van der Waals surface area contributed by atoms with Crippen LogP contribution in [0.25, 0.3) is 11.3 Å². The van der Waals surface area contributed by atoms with Gasteiger partial charge in [-0.1, -0.05) is 12.2 Å². The zero-order valence-electron chi connectivity index (χ0n) is 17.1. The summed E-state index contributed by atoms with van der Waals surface area (Å²) in [5.74, 6) is 0.0695. The fourth-order valence-electron chi connectivity index (χ4n) is 2.52. The molecule has 0 unspecified atom stereocenters. The van der Waals surface area contributed by atoms with E-state index in [1.54, 1.807) is 6.07 Å². The maximum Gasteiger partial charge on any atom is 0.387 e. The lowest BCUT2D eigenvalue weighted by atomic mass is 10.1. The van der Waals surface area contributed by atoms with Crippen molar-refractivity contribution in [3.05, 3.63) is 52.8 Å². The first-order valence-corrected chi connectivity index (χ1v) is 10.7. The van der Waals surface area contributed by atoms with E-state index in [0.29, 0.717) is 30.6 Å². The molecule has 0 spiro atoms. The second kappa shape index (κ2) is 12.4. The van der Waals surface area contributed by atoms with Gasteiger partial charge in [-0.2, -0.15) is 13.9 Å². The number of hydrogen-bond donors (Lipinski definition) is 0. The fraction of sp³-hybridized carbons (Fsp3) is 0.400. The maximum atomic E-state index is 12.7. The Balaban J connectivity index is 2.17. The monoisotopic (exact) mass is 442 g/mol. The quantitative estimate of drug-likeness (QED) is 0.357. The van der Waals surface area contributed by atoms with Gasteiger partial charge in [0, 0.05) is 17.8 Å². The number of nitrogens with zero attached hydrogens (tertiary/aromatic N) is 2. The average molecular weight is 442 g/mol. The molecule has 0 radical (unpaired) electrons. The van der Waals surface area contributed by atoms with Crippen LogP contribution in [0.4, 0.5) is 8.78 Å². The summed E-state index contributed by atoms with van der Waals surface area (Å²) in [4.78, 5) is 12.1. The van der Waals surface area contributed by atoms with Crippen LogP contribution in [0.5, 0.6) is 11.5 Å². The maximum absolute atomic E-state index is 12.7. The lowest BCUT2D eigenvalue weighted by Gasteiger charge is -2.13. The summed E-state index contributed by atoms with van der Waals surface area (Å²) in [6, 6.07) is 7.46. The molecule has 0 aliphatic heterocycles. The van der Waals surface area contributed by atoms with Gasteiger partial charge in [0.1, 0.15) is 0 Å². The first-order chi connectivity index (χ1) is 14.5. The van der Waals surface area contributed by atoms with Crippen LogP contribution in [0.2, 0.25) is 0 Å². The Labute approximate surface area is 175 Å². The highest BCUT2D eigenvalue weighted by Crippen LogP contribution is 2.37. The molecule has 0 atom stereocenters. The lowest BCUT2D eigenvalue weighted by molar-refractivity contribution is -0.0511. The molecule has 0 amide bonds. The van der Waals surface area contributed by atoms with Crippen molar-refractivity contribution in [2.45, 2.75) is 27.0 Å². The van der Waals surface area contributed by atoms with Gasteiger partial charge >= 0.3 is 6.61 Å². The highest BCUT2D eigenvalue weighted by atomic mass is 31.2. The summed E-state index contributed by atoms with van der Waals surface area (Å²) in [6.45, 7) is 2.22. The van der Waals surface area contributed by atoms with Crippen LogP contribution in [0.15, 0.2) is 47.3 Å². The number of halogens is 2. The van der Waals surface area contributed by atoms with Crippen molar-refractivity contribution in [2.24, 2.45) is 0 Å². The molecule has 0 saturated carbocycles. The number of methoxy groups -OCH3 is 1. The predicted molar refractivity (Wildman–Crippen MR) is 111 cm³/mol. The van der Waals surface area contributed by atoms with Crippen molar-refractivity contribution in [2.75, 3.05) is 26.5 Å². The molecule has 0 bridgehead atoms. The third kappa shape index (κ3) is 7.16. The standard InChI is InChI=1S/C20H25F2N2O5P/c1-4-27-30(28-5-2)13-7-6-12-24-19(25)11-9-16(23-24)15-8-10-17(26-3)18(14-15)29-20(21)22/h6-11,14,20H,4-5,12-13H2,1-3H3/b7-6+. The largest absolute Gasteiger partial charge is 0.493 e. The number of ether oxygens (including phenoxy) is 2. The molecular weight excluding hydrogens is 417 g/mol. The van der Waals surface area contributed by atoms with E-state index in [1.807, 2.05) is 26.0 Å². The smallest absolute Gasteiger partial charge is 0.387 e. The molecule has 7 nitrogen and oxygen atoms in total. The second-order valence-electron chi connectivity index (χ2n) is 5.81. The second-order valence-corrected chi connectivity index (χ2v) is 7.35. The first kappa shape index (κ1) is 23.9. The first-order valence-electron chi connectivity index (χ1n) is 9.38. The molecule has 1 aromatic heterocycles. The number of rotatable bonds is 12. The number of hydrogen-bond acceptors (Lipinski definition) is 6. The Kier molecular flexibility index (Phi) is 9.86. The van der Waals surface area contributed by atoms with E-state index in [1.165, 1.54) is 36.1 Å². The number of alkyl halides is 2. The van der Waals surface area contributed by atoms with Crippen molar-refractivity contribution < 1.29 is 27.3 Å². The highest BCUT2D eigenvalue weighted by Gasteiger charge is 2.13. The van der Waals surface area contributed by atoms with Gasteiger partial charge < -0.3 is 18.5 Å². The normalized spacial score (nSPS) is 11.6. The van der Waals surface area contributed by atoms with Gasteiger partial charge in [-0.3, -0.25) is 4.79 Å². The third-order valence-corrected chi connectivity index (χ3v) is 5.39. The zero-order chi connectivity index (χ0) is 21.9. The topological polar surface area (TPSA) is 71.8 Å². The number of aromatic nitrogens is 2. The molecule has 10 heteroatoms. The van der Waals surface area contributed by atoms with E-state index < -0.39 is 15.0 Å². The Morgan fingerprint density at radius 3 is 2.47 bits per heavy atom. The number of allylic oxidation sites excluding steroid dienone is 2. The third-order valence-electron chi connectivity index (χ3n) is 3.79. The lowest BCUT2D eigenvalue weighted by Crippen LogP contribution is -2.21. The molecule has 0 N–H and O–H groups in total. The molecule has 2 aromatic rings. The number of benzene rings is 1. The van der Waals surface area contributed by atoms with Crippen LogP contribution in [-0.2, 0) is 15.6 Å². The van der Waals surface area contributed by atoms with E-state index >= 15 is 0 Å². The van der Waals surface area contributed by atoms with Crippen LogP contribution in [0.1, 0.15) is 13.8 Å². The van der Waals surface area contributed by atoms with Crippen molar-refractivity contribution in [3.63, 3.8) is 0 Å². The summed E-state index contributed by atoms with van der Waals surface area (Å²) < 4.78 is 47.2. The van der Waals surface area contributed by atoms with Crippen LogP contribution in [-0.4, -0.2) is 42.9 Å². The minimum Gasteiger partial charge on any atom is -0.493 e. The van der Waals surface area contributed by atoms with Gasteiger partial charge in [-0.05, 0) is 38.1 Å². The molecule has 2 rings (SSSR count). The minimum absolute atomic E-state index is 0.107. The van der Waals surface area contributed by atoms with Crippen molar-refractivity contribution in [3.8, 4) is 22.8 Å². The molecule has 0 aliphatic rings. The van der Waals surface area contributed by atoms with E-state index in [4.69, 9.17) is 13.8 Å². The summed E-state index contributed by atoms with van der Waals surface area (Å²) in [6.07, 6.45) is 4.31. The van der Waals surface area contributed by atoms with Crippen LogP contribution >= 0.6 is 8.38 Å². The van der Waals surface area contributed by atoms with Crippen molar-refractivity contribution >= 4 is 8.38 Å². The predicted octanol–water partition coefficient (Wildman–Crippen LogP) is 4.46. The van der Waals surface area contributed by atoms with Crippen molar-refractivity contribution in [1.82, 2.24) is 9.78 Å². The van der Waals surface area contributed by atoms with Crippen LogP contribution < -0.4 is 15.0 Å². The Morgan fingerprint density at radius 2 is 1.83 bits per heavy atom. The van der Waals surface area contributed by atoms with Crippen LogP contribution in [0.3, 0.4) is 0 Å². The van der Waals surface area contributed by atoms with E-state index in [-0.39, 0.29) is 23.6 Å². The van der Waals surface area contributed by atoms with E-state index in [9.17, 15) is 13.6 Å². The fourth-order valence-corrected chi connectivity index (χ4v) is 3.71. The Bertz CT molecular complexity index is 886. The van der Waals surface area contributed by atoms with Gasteiger partial charge in [0.15, 0.2) is 19.9 Å². The summed E-state index contributed by atoms with van der Waals surface area (Å²) in [5.41, 5.74) is 0.675. The molecule has 164 valence electrons. The molecule has 1 heterocycles. The molecule has 0 aliphatic carbocycles. The molecule has 0 saturated heterocycles. The van der Waals surface area contributed by atoms with Crippen LogP contribution in [0, 0.1) is 0 Å². The van der Waals surface area contributed by atoms with Gasteiger partial charge in [-0.25, -0.2) is 4.68 Å².